The molecule has 0 atom stereocenters. The summed E-state index contributed by atoms with van der Waals surface area (Å²) in [5.41, 5.74) is 1.03. The van der Waals surface area contributed by atoms with Gasteiger partial charge in [0, 0.05) is 12.1 Å². The van der Waals surface area contributed by atoms with Crippen molar-refractivity contribution in [2.24, 2.45) is 0 Å². The van der Waals surface area contributed by atoms with Crippen molar-refractivity contribution in [1.29, 1.82) is 0 Å². The molecule has 3 rings (SSSR count). The fourth-order valence-electron chi connectivity index (χ4n) is 1.89. The minimum absolute atomic E-state index is 0.586. The summed E-state index contributed by atoms with van der Waals surface area (Å²) in [6, 6.07) is 9.98. The molecule has 0 spiro atoms. The predicted molar refractivity (Wildman–Crippen MR) is 79.2 cm³/mol. The minimum Gasteiger partial charge on any atom is -0.338 e. The molecule has 1 aromatic carbocycles. The number of para-hydroxylation sites is 1. The van der Waals surface area contributed by atoms with Crippen LogP contribution in [0.1, 0.15) is 25.1 Å². The van der Waals surface area contributed by atoms with Gasteiger partial charge in [0.1, 0.15) is 6.33 Å². The van der Waals surface area contributed by atoms with Crippen molar-refractivity contribution < 1.29 is 4.52 Å². The highest BCUT2D eigenvalue weighted by Crippen LogP contribution is 2.22. The Morgan fingerprint density at radius 1 is 1.24 bits per heavy atom. The minimum atomic E-state index is 0.586. The summed E-state index contributed by atoms with van der Waals surface area (Å²) in [7, 11) is 0. The smallest absolute Gasteiger partial charge is 0.237 e. The molecule has 2 heterocycles. The van der Waals surface area contributed by atoms with Crippen LogP contribution in [0.25, 0.3) is 5.69 Å². The van der Waals surface area contributed by atoms with Crippen LogP contribution in [0.2, 0.25) is 0 Å². The second-order valence-corrected chi connectivity index (χ2v) is 5.40. The standard InChI is InChI=1S/C14H15N5OS/c1-2-6-12-16-13(20-18-12)9-21-14-17-15-10-19(14)11-7-4-3-5-8-11/h3-5,7-8,10H,2,6,9H2,1H3. The lowest BCUT2D eigenvalue weighted by Gasteiger charge is -2.04. The largest absolute Gasteiger partial charge is 0.338 e. The van der Waals surface area contributed by atoms with Crippen LogP contribution in [0.15, 0.2) is 46.3 Å². The molecule has 108 valence electrons. The third kappa shape index (κ3) is 3.30. The molecule has 0 aliphatic heterocycles. The molecule has 0 aliphatic rings. The molecule has 0 amide bonds. The zero-order valence-electron chi connectivity index (χ0n) is 11.6. The van der Waals surface area contributed by atoms with Gasteiger partial charge in [-0.1, -0.05) is 42.0 Å². The van der Waals surface area contributed by atoms with E-state index in [1.54, 1.807) is 6.33 Å². The van der Waals surface area contributed by atoms with Crippen molar-refractivity contribution >= 4 is 11.8 Å². The van der Waals surface area contributed by atoms with Crippen molar-refractivity contribution in [1.82, 2.24) is 24.9 Å². The molecule has 0 N–H and O–H groups in total. The predicted octanol–water partition coefficient (Wildman–Crippen LogP) is 2.90. The van der Waals surface area contributed by atoms with Crippen molar-refractivity contribution in [2.75, 3.05) is 0 Å². The fraction of sp³-hybridized carbons (Fsp3) is 0.286. The number of aryl methyl sites for hydroxylation is 1. The lowest BCUT2D eigenvalue weighted by molar-refractivity contribution is 0.384. The fourth-order valence-corrected chi connectivity index (χ4v) is 2.66. The van der Waals surface area contributed by atoms with Crippen LogP contribution in [0.3, 0.4) is 0 Å². The SMILES string of the molecule is CCCc1noc(CSc2nncn2-c2ccccc2)n1. The first-order valence-electron chi connectivity index (χ1n) is 6.76. The van der Waals surface area contributed by atoms with E-state index in [0.29, 0.717) is 11.6 Å². The molecule has 0 saturated heterocycles. The Morgan fingerprint density at radius 2 is 2.10 bits per heavy atom. The Labute approximate surface area is 126 Å². The zero-order valence-corrected chi connectivity index (χ0v) is 12.5. The molecular formula is C14H15N5OS. The Kier molecular flexibility index (Phi) is 4.30. The third-order valence-corrected chi connectivity index (χ3v) is 3.79. The first-order chi connectivity index (χ1) is 10.4. The van der Waals surface area contributed by atoms with Gasteiger partial charge in [0.2, 0.25) is 5.89 Å². The van der Waals surface area contributed by atoms with Crippen LogP contribution in [0, 0.1) is 0 Å². The van der Waals surface area contributed by atoms with E-state index in [9.17, 15) is 0 Å². The van der Waals surface area contributed by atoms with Gasteiger partial charge in [-0.15, -0.1) is 10.2 Å². The molecule has 0 saturated carbocycles. The van der Waals surface area contributed by atoms with Crippen LogP contribution < -0.4 is 0 Å². The average molecular weight is 301 g/mol. The van der Waals surface area contributed by atoms with Crippen molar-refractivity contribution in [3.05, 3.63) is 48.4 Å². The van der Waals surface area contributed by atoms with Gasteiger partial charge >= 0.3 is 0 Å². The maximum atomic E-state index is 5.22. The van der Waals surface area contributed by atoms with Crippen LogP contribution in [-0.4, -0.2) is 24.9 Å². The Bertz CT molecular complexity index is 694. The van der Waals surface area contributed by atoms with E-state index in [4.69, 9.17) is 4.52 Å². The summed E-state index contributed by atoms with van der Waals surface area (Å²) in [6.45, 7) is 2.09. The van der Waals surface area contributed by atoms with Gasteiger partial charge in [0.25, 0.3) is 0 Å². The van der Waals surface area contributed by atoms with E-state index in [-0.39, 0.29) is 0 Å². The molecule has 0 aliphatic carbocycles. The molecule has 2 aromatic heterocycles. The number of rotatable bonds is 6. The number of hydrogen-bond acceptors (Lipinski definition) is 6. The average Bonchev–Trinajstić information content (AvgIpc) is 3.15. The van der Waals surface area contributed by atoms with E-state index in [0.717, 1.165) is 29.5 Å². The van der Waals surface area contributed by atoms with E-state index in [1.165, 1.54) is 11.8 Å². The van der Waals surface area contributed by atoms with Gasteiger partial charge in [-0.05, 0) is 18.6 Å². The first kappa shape index (κ1) is 13.8. The second-order valence-electron chi connectivity index (χ2n) is 4.46. The van der Waals surface area contributed by atoms with Gasteiger partial charge < -0.3 is 4.52 Å². The van der Waals surface area contributed by atoms with E-state index in [2.05, 4.69) is 27.3 Å². The summed E-state index contributed by atoms with van der Waals surface area (Å²) in [6.07, 6.45) is 3.55. The van der Waals surface area contributed by atoms with Crippen LogP contribution in [0.4, 0.5) is 0 Å². The van der Waals surface area contributed by atoms with Crippen LogP contribution in [0.5, 0.6) is 0 Å². The third-order valence-electron chi connectivity index (χ3n) is 2.86. The quantitative estimate of drug-likeness (QED) is 0.652. The van der Waals surface area contributed by atoms with Gasteiger partial charge in [-0.2, -0.15) is 4.98 Å². The summed E-state index contributed by atoms with van der Waals surface area (Å²) in [5.74, 6) is 1.96. The first-order valence-corrected chi connectivity index (χ1v) is 7.75. The maximum Gasteiger partial charge on any atom is 0.237 e. The lowest BCUT2D eigenvalue weighted by atomic mass is 10.3. The molecule has 7 heteroatoms. The highest BCUT2D eigenvalue weighted by molar-refractivity contribution is 7.98. The molecular weight excluding hydrogens is 286 g/mol. The van der Waals surface area contributed by atoms with E-state index in [1.807, 2.05) is 34.9 Å². The Hall–Kier alpha value is -2.15. The normalized spacial score (nSPS) is 10.9. The van der Waals surface area contributed by atoms with Crippen molar-refractivity contribution in [2.45, 2.75) is 30.7 Å². The van der Waals surface area contributed by atoms with Gasteiger partial charge in [-0.25, -0.2) is 0 Å². The number of nitrogens with zero attached hydrogens (tertiary/aromatic N) is 5. The molecule has 21 heavy (non-hydrogen) atoms. The summed E-state index contributed by atoms with van der Waals surface area (Å²) >= 11 is 1.53. The number of hydrogen-bond donors (Lipinski definition) is 0. The zero-order chi connectivity index (χ0) is 14.5. The second kappa shape index (κ2) is 6.53. The highest BCUT2D eigenvalue weighted by atomic mass is 32.2. The van der Waals surface area contributed by atoms with Crippen molar-refractivity contribution in [3.63, 3.8) is 0 Å². The Morgan fingerprint density at radius 3 is 2.90 bits per heavy atom. The van der Waals surface area contributed by atoms with E-state index >= 15 is 0 Å². The lowest BCUT2D eigenvalue weighted by Crippen LogP contribution is -1.95. The molecule has 6 nitrogen and oxygen atoms in total. The van der Waals surface area contributed by atoms with Gasteiger partial charge in [0.15, 0.2) is 11.0 Å². The summed E-state index contributed by atoms with van der Waals surface area (Å²) in [4.78, 5) is 4.35. The summed E-state index contributed by atoms with van der Waals surface area (Å²) < 4.78 is 7.16. The molecule has 0 radical (unpaired) electrons. The molecule has 0 bridgehead atoms. The monoisotopic (exact) mass is 301 g/mol. The topological polar surface area (TPSA) is 69.6 Å². The van der Waals surface area contributed by atoms with Crippen LogP contribution in [-0.2, 0) is 12.2 Å². The molecule has 0 unspecified atom stereocenters. The number of thioether (sulfide) groups is 1. The number of aromatic nitrogens is 5. The van der Waals surface area contributed by atoms with Gasteiger partial charge in [-0.3, -0.25) is 4.57 Å². The molecule has 3 aromatic rings. The Balaban J connectivity index is 1.70. The van der Waals surface area contributed by atoms with Gasteiger partial charge in [0.05, 0.1) is 5.75 Å². The van der Waals surface area contributed by atoms with Crippen molar-refractivity contribution in [3.8, 4) is 5.69 Å². The van der Waals surface area contributed by atoms with E-state index < -0.39 is 0 Å². The molecule has 0 fully saturated rings. The highest BCUT2D eigenvalue weighted by Gasteiger charge is 2.11. The van der Waals surface area contributed by atoms with Crippen LogP contribution >= 0.6 is 11.8 Å². The summed E-state index contributed by atoms with van der Waals surface area (Å²) in [5, 5.41) is 12.9. The maximum absolute atomic E-state index is 5.22. The number of benzene rings is 1.